The van der Waals surface area contributed by atoms with E-state index in [1.165, 1.54) is 5.57 Å². The van der Waals surface area contributed by atoms with Crippen molar-refractivity contribution < 1.29 is 19.1 Å². The summed E-state index contributed by atoms with van der Waals surface area (Å²) in [5.74, 6) is 0.976. The van der Waals surface area contributed by atoms with Gasteiger partial charge in [0, 0.05) is 30.3 Å². The monoisotopic (exact) mass is 424 g/mol. The van der Waals surface area contributed by atoms with E-state index in [-0.39, 0.29) is 23.1 Å². The number of ether oxygens (including phenoxy) is 2. The number of ketones is 2. The van der Waals surface area contributed by atoms with Crippen molar-refractivity contribution in [1.29, 1.82) is 0 Å². The van der Waals surface area contributed by atoms with Crippen LogP contribution >= 0.6 is 0 Å². The summed E-state index contributed by atoms with van der Waals surface area (Å²) >= 11 is 0. The summed E-state index contributed by atoms with van der Waals surface area (Å²) in [4.78, 5) is 25.0. The third kappa shape index (κ3) is 2.87. The van der Waals surface area contributed by atoms with Crippen LogP contribution in [0.1, 0.15) is 79.6 Å². The van der Waals surface area contributed by atoms with Crippen molar-refractivity contribution in [1.82, 2.24) is 0 Å². The minimum Gasteiger partial charge on any atom is -0.344 e. The molecular weight excluding hydrogens is 388 g/mol. The standard InChI is InChI=1S/C25H30O4.C2H6/c1-14-16-8-9-24(29-25(14)11-10-23(2,3)28-25)20(16)7-6-18-17-5-4-15(26)12-19(17)22(27)13-21(18)24;1-2/h6,12-14,16-17,20H,4-5,7-11H2,1-3H3;1-2H3. The molecule has 6 atom stereocenters. The zero-order valence-electron chi connectivity index (χ0n) is 19.6. The first-order valence-corrected chi connectivity index (χ1v) is 12.4. The molecule has 0 radical (unpaired) electrons. The second-order valence-corrected chi connectivity index (χ2v) is 10.7. The van der Waals surface area contributed by atoms with Crippen LogP contribution in [0.15, 0.2) is 34.9 Å². The smallest absolute Gasteiger partial charge is 0.182 e. The fraction of sp³-hybridized carbons (Fsp3) is 0.704. The molecule has 0 amide bonds. The lowest BCUT2D eigenvalue weighted by Gasteiger charge is -2.56. The van der Waals surface area contributed by atoms with Gasteiger partial charge in [0.1, 0.15) is 5.60 Å². The number of hydrogen-bond acceptors (Lipinski definition) is 4. The summed E-state index contributed by atoms with van der Waals surface area (Å²) in [6.07, 6.45) is 12.1. The van der Waals surface area contributed by atoms with Gasteiger partial charge >= 0.3 is 0 Å². The SMILES string of the molecule is CC.CC1C2CCC3(OC14CCC(C)(C)O4)C1=CC(=O)C4=CC(=O)CCC4C1=CCC23. The molecule has 2 bridgehead atoms. The lowest BCUT2D eigenvalue weighted by atomic mass is 9.60. The second kappa shape index (κ2) is 6.99. The van der Waals surface area contributed by atoms with Crippen LogP contribution in [0, 0.1) is 23.7 Å². The summed E-state index contributed by atoms with van der Waals surface area (Å²) in [5.41, 5.74) is 2.49. The first-order chi connectivity index (χ1) is 14.7. The van der Waals surface area contributed by atoms with Crippen molar-refractivity contribution in [3.63, 3.8) is 0 Å². The van der Waals surface area contributed by atoms with Crippen molar-refractivity contribution in [3.05, 3.63) is 34.9 Å². The first kappa shape index (κ1) is 21.3. The number of allylic oxidation sites excluding steroid dienone is 4. The molecule has 0 aromatic heterocycles. The van der Waals surface area contributed by atoms with Crippen LogP contribution in [-0.4, -0.2) is 28.6 Å². The van der Waals surface area contributed by atoms with Gasteiger partial charge in [-0.15, -0.1) is 0 Å². The van der Waals surface area contributed by atoms with Crippen molar-refractivity contribution in [2.24, 2.45) is 23.7 Å². The van der Waals surface area contributed by atoms with E-state index >= 15 is 0 Å². The Morgan fingerprint density at radius 1 is 0.968 bits per heavy atom. The molecule has 2 saturated heterocycles. The highest BCUT2D eigenvalue weighted by atomic mass is 16.7. The molecule has 6 rings (SSSR count). The third-order valence-electron chi connectivity index (χ3n) is 8.85. The van der Waals surface area contributed by atoms with Crippen molar-refractivity contribution in [2.45, 2.75) is 96.6 Å². The van der Waals surface area contributed by atoms with Crippen molar-refractivity contribution in [3.8, 4) is 0 Å². The maximum absolute atomic E-state index is 13.0. The molecule has 1 saturated carbocycles. The van der Waals surface area contributed by atoms with E-state index in [0.29, 0.717) is 29.7 Å². The number of hydrogen-bond donors (Lipinski definition) is 0. The number of fused-ring (bicyclic) bond motifs is 3. The molecule has 6 aliphatic rings. The summed E-state index contributed by atoms with van der Waals surface area (Å²) in [6, 6.07) is 0. The number of carbonyl (C=O) groups is 2. The van der Waals surface area contributed by atoms with Crippen LogP contribution in [-0.2, 0) is 19.1 Å². The van der Waals surface area contributed by atoms with Gasteiger partial charge in [0.2, 0.25) is 0 Å². The van der Waals surface area contributed by atoms with Gasteiger partial charge in [0.15, 0.2) is 17.4 Å². The van der Waals surface area contributed by atoms with Crippen LogP contribution in [0.4, 0.5) is 0 Å². The average molecular weight is 425 g/mol. The molecule has 0 N–H and O–H groups in total. The van der Waals surface area contributed by atoms with E-state index in [4.69, 9.17) is 9.47 Å². The van der Waals surface area contributed by atoms with Gasteiger partial charge in [-0.25, -0.2) is 0 Å². The van der Waals surface area contributed by atoms with Crippen LogP contribution < -0.4 is 0 Å². The van der Waals surface area contributed by atoms with E-state index in [1.54, 1.807) is 6.08 Å². The molecule has 2 aliphatic heterocycles. The van der Waals surface area contributed by atoms with E-state index in [1.807, 2.05) is 19.9 Å². The first-order valence-electron chi connectivity index (χ1n) is 12.4. The van der Waals surface area contributed by atoms with Gasteiger partial charge in [-0.05, 0) is 81.1 Å². The molecule has 168 valence electrons. The molecule has 1 spiro atoms. The van der Waals surface area contributed by atoms with Gasteiger partial charge in [-0.3, -0.25) is 9.59 Å². The molecule has 31 heavy (non-hydrogen) atoms. The van der Waals surface area contributed by atoms with Gasteiger partial charge in [0.05, 0.1) is 5.60 Å². The summed E-state index contributed by atoms with van der Waals surface area (Å²) in [5, 5.41) is 0. The minimum atomic E-state index is -0.536. The Bertz CT molecular complexity index is 922. The normalized spacial score (nSPS) is 44.4. The largest absolute Gasteiger partial charge is 0.344 e. The van der Waals surface area contributed by atoms with Crippen LogP contribution in [0.5, 0.6) is 0 Å². The summed E-state index contributed by atoms with van der Waals surface area (Å²) in [6.45, 7) is 10.6. The fourth-order valence-corrected chi connectivity index (χ4v) is 7.47. The summed E-state index contributed by atoms with van der Waals surface area (Å²) in [7, 11) is 0. The lowest BCUT2D eigenvalue weighted by molar-refractivity contribution is -0.340. The highest BCUT2D eigenvalue weighted by molar-refractivity contribution is 6.12. The van der Waals surface area contributed by atoms with E-state index < -0.39 is 11.4 Å². The highest BCUT2D eigenvalue weighted by Crippen LogP contribution is 2.66. The van der Waals surface area contributed by atoms with Gasteiger partial charge in [-0.1, -0.05) is 26.8 Å². The Labute approximate surface area is 186 Å². The zero-order chi connectivity index (χ0) is 22.2. The molecule has 6 unspecified atom stereocenters. The van der Waals surface area contributed by atoms with Crippen LogP contribution in [0.3, 0.4) is 0 Å². The third-order valence-corrected chi connectivity index (χ3v) is 8.85. The second-order valence-electron chi connectivity index (χ2n) is 10.7. The topological polar surface area (TPSA) is 52.6 Å². The molecule has 2 heterocycles. The molecular formula is C27H36O4. The predicted molar refractivity (Wildman–Crippen MR) is 119 cm³/mol. The van der Waals surface area contributed by atoms with Crippen molar-refractivity contribution >= 4 is 11.6 Å². The van der Waals surface area contributed by atoms with Crippen molar-refractivity contribution in [2.75, 3.05) is 0 Å². The zero-order valence-corrected chi connectivity index (χ0v) is 19.6. The van der Waals surface area contributed by atoms with E-state index in [2.05, 4.69) is 26.8 Å². The molecule has 4 aliphatic carbocycles. The minimum absolute atomic E-state index is 0.0117. The van der Waals surface area contributed by atoms with Crippen LogP contribution in [0.25, 0.3) is 0 Å². The average Bonchev–Trinajstić information content (AvgIpc) is 3.23. The molecule has 3 fully saturated rings. The Kier molecular flexibility index (Phi) is 4.81. The fourth-order valence-electron chi connectivity index (χ4n) is 7.47. The Balaban J connectivity index is 0.000000994. The molecule has 4 nitrogen and oxygen atoms in total. The Hall–Kier alpha value is -1.52. The molecule has 0 aromatic carbocycles. The summed E-state index contributed by atoms with van der Waals surface area (Å²) < 4.78 is 13.7. The molecule has 4 heteroatoms. The quantitative estimate of drug-likeness (QED) is 0.517. The molecule has 0 aromatic rings. The van der Waals surface area contributed by atoms with Gasteiger partial charge < -0.3 is 9.47 Å². The van der Waals surface area contributed by atoms with Gasteiger partial charge in [-0.2, -0.15) is 0 Å². The number of rotatable bonds is 0. The predicted octanol–water partition coefficient (Wildman–Crippen LogP) is 5.47. The number of carbonyl (C=O) groups excluding carboxylic acids is 2. The Morgan fingerprint density at radius 3 is 2.45 bits per heavy atom. The maximum atomic E-state index is 13.0. The highest BCUT2D eigenvalue weighted by Gasteiger charge is 2.68. The van der Waals surface area contributed by atoms with Gasteiger partial charge in [0.25, 0.3) is 0 Å². The van der Waals surface area contributed by atoms with Crippen LogP contribution in [0.2, 0.25) is 0 Å². The lowest BCUT2D eigenvalue weighted by Crippen LogP contribution is -2.60. The maximum Gasteiger partial charge on any atom is 0.182 e. The Morgan fingerprint density at radius 2 is 1.74 bits per heavy atom. The van der Waals surface area contributed by atoms with E-state index in [9.17, 15) is 9.59 Å². The van der Waals surface area contributed by atoms with E-state index in [0.717, 1.165) is 44.1 Å².